The zero-order chi connectivity index (χ0) is 25.3. The number of benzene rings is 3. The van der Waals surface area contributed by atoms with Crippen LogP contribution in [-0.4, -0.2) is 18.1 Å². The molecule has 3 aromatic carbocycles. The molecule has 4 rings (SSSR count). The first-order chi connectivity index (χ1) is 17.5. The highest BCUT2D eigenvalue weighted by Gasteiger charge is 2.17. The molecule has 0 aliphatic heterocycles. The number of ether oxygens (including phenoxy) is 3. The van der Waals surface area contributed by atoms with Crippen LogP contribution in [0.3, 0.4) is 0 Å². The SMILES string of the molecule is COC(=O)c1cc(F)c(Br)cc1CNc1ccc(OCc2ccccc2)nc1OCc1ccccc1. The van der Waals surface area contributed by atoms with Crippen LogP contribution < -0.4 is 14.8 Å². The van der Waals surface area contributed by atoms with Crippen molar-refractivity contribution in [2.75, 3.05) is 12.4 Å². The maximum atomic E-state index is 14.1. The van der Waals surface area contributed by atoms with Crippen LogP contribution in [-0.2, 0) is 24.5 Å². The molecule has 0 saturated heterocycles. The fourth-order valence-electron chi connectivity index (χ4n) is 3.43. The van der Waals surface area contributed by atoms with Crippen LogP contribution in [0, 0.1) is 5.82 Å². The summed E-state index contributed by atoms with van der Waals surface area (Å²) in [7, 11) is 1.26. The third-order valence-corrected chi connectivity index (χ3v) is 5.91. The zero-order valence-corrected chi connectivity index (χ0v) is 21.1. The highest BCUT2D eigenvalue weighted by atomic mass is 79.9. The first kappa shape index (κ1) is 25.2. The molecule has 36 heavy (non-hydrogen) atoms. The van der Waals surface area contributed by atoms with Crippen molar-refractivity contribution in [2.24, 2.45) is 0 Å². The lowest BCUT2D eigenvalue weighted by atomic mass is 10.1. The molecule has 0 aliphatic rings. The molecule has 0 atom stereocenters. The summed E-state index contributed by atoms with van der Waals surface area (Å²) in [5, 5.41) is 3.24. The maximum absolute atomic E-state index is 14.1. The van der Waals surface area contributed by atoms with E-state index in [4.69, 9.17) is 14.2 Å². The van der Waals surface area contributed by atoms with Crippen LogP contribution in [0.25, 0.3) is 0 Å². The lowest BCUT2D eigenvalue weighted by Gasteiger charge is -2.16. The van der Waals surface area contributed by atoms with Crippen LogP contribution in [0.1, 0.15) is 27.0 Å². The van der Waals surface area contributed by atoms with Gasteiger partial charge in [0, 0.05) is 12.6 Å². The van der Waals surface area contributed by atoms with Gasteiger partial charge in [-0.15, -0.1) is 0 Å². The maximum Gasteiger partial charge on any atom is 0.338 e. The topological polar surface area (TPSA) is 69.7 Å². The summed E-state index contributed by atoms with van der Waals surface area (Å²) < 4.78 is 31.0. The van der Waals surface area contributed by atoms with E-state index in [1.54, 1.807) is 18.2 Å². The zero-order valence-electron chi connectivity index (χ0n) is 19.5. The van der Waals surface area contributed by atoms with E-state index >= 15 is 0 Å². The number of hydrogen-bond acceptors (Lipinski definition) is 6. The van der Waals surface area contributed by atoms with E-state index in [1.807, 2.05) is 60.7 Å². The first-order valence-corrected chi connectivity index (χ1v) is 12.0. The van der Waals surface area contributed by atoms with Gasteiger partial charge in [0.25, 0.3) is 0 Å². The van der Waals surface area contributed by atoms with Gasteiger partial charge in [-0.05, 0) is 50.8 Å². The smallest absolute Gasteiger partial charge is 0.338 e. The molecular weight excluding hydrogens is 527 g/mol. The summed E-state index contributed by atoms with van der Waals surface area (Å²) in [6, 6.07) is 25.8. The Kier molecular flexibility index (Phi) is 8.52. The van der Waals surface area contributed by atoms with Gasteiger partial charge in [-0.3, -0.25) is 0 Å². The van der Waals surface area contributed by atoms with Crippen molar-refractivity contribution in [1.29, 1.82) is 0 Å². The largest absolute Gasteiger partial charge is 0.473 e. The number of nitrogens with one attached hydrogen (secondary N) is 1. The Morgan fingerprint density at radius 2 is 1.56 bits per heavy atom. The van der Waals surface area contributed by atoms with Gasteiger partial charge in [0.1, 0.15) is 19.0 Å². The van der Waals surface area contributed by atoms with Crippen LogP contribution in [0.5, 0.6) is 11.8 Å². The van der Waals surface area contributed by atoms with E-state index < -0.39 is 11.8 Å². The highest BCUT2D eigenvalue weighted by molar-refractivity contribution is 9.10. The Hall–Kier alpha value is -3.91. The first-order valence-electron chi connectivity index (χ1n) is 11.2. The number of methoxy groups -OCH3 is 1. The molecule has 0 amide bonds. The van der Waals surface area contributed by atoms with Crippen molar-refractivity contribution in [3.63, 3.8) is 0 Å². The molecule has 1 aromatic heterocycles. The summed E-state index contributed by atoms with van der Waals surface area (Å²) in [6.07, 6.45) is 0. The van der Waals surface area contributed by atoms with Crippen molar-refractivity contribution in [3.05, 3.63) is 117 Å². The van der Waals surface area contributed by atoms with Crippen molar-refractivity contribution < 1.29 is 23.4 Å². The minimum Gasteiger partial charge on any atom is -0.473 e. The molecule has 0 fully saturated rings. The lowest BCUT2D eigenvalue weighted by molar-refractivity contribution is 0.0599. The fraction of sp³-hybridized carbons (Fsp3) is 0.143. The molecular formula is C28H24BrFN2O4. The third-order valence-electron chi connectivity index (χ3n) is 5.30. The Morgan fingerprint density at radius 3 is 2.19 bits per heavy atom. The van der Waals surface area contributed by atoms with Gasteiger partial charge in [0.15, 0.2) is 0 Å². The summed E-state index contributed by atoms with van der Waals surface area (Å²) in [5.74, 6) is -0.424. The normalized spacial score (nSPS) is 10.5. The van der Waals surface area contributed by atoms with Crippen LogP contribution in [0.15, 0.2) is 89.4 Å². The summed E-state index contributed by atoms with van der Waals surface area (Å²) >= 11 is 3.18. The van der Waals surface area contributed by atoms with Crippen LogP contribution in [0.4, 0.5) is 10.1 Å². The molecule has 1 heterocycles. The minimum absolute atomic E-state index is 0.133. The second kappa shape index (κ2) is 12.2. The molecule has 0 aliphatic carbocycles. The summed E-state index contributed by atoms with van der Waals surface area (Å²) in [6.45, 7) is 0.877. The van der Waals surface area contributed by atoms with Crippen LogP contribution >= 0.6 is 15.9 Å². The number of rotatable bonds is 10. The molecule has 0 bridgehead atoms. The van der Waals surface area contributed by atoms with E-state index in [9.17, 15) is 9.18 Å². The molecule has 184 valence electrons. The van der Waals surface area contributed by atoms with Crippen LogP contribution in [0.2, 0.25) is 0 Å². The van der Waals surface area contributed by atoms with Gasteiger partial charge >= 0.3 is 5.97 Å². The molecule has 6 nitrogen and oxygen atoms in total. The lowest BCUT2D eigenvalue weighted by Crippen LogP contribution is -2.11. The molecule has 0 unspecified atom stereocenters. The Morgan fingerprint density at radius 1 is 0.917 bits per heavy atom. The standard InChI is InChI=1S/C28H24BrFN2O4/c1-34-28(33)22-15-24(30)23(29)14-21(22)16-31-25-12-13-26(35-17-19-8-4-2-5-9-19)32-27(25)36-18-20-10-6-3-7-11-20/h2-15,31H,16-18H2,1H3. The predicted octanol–water partition coefficient (Wildman–Crippen LogP) is 6.54. The Bertz CT molecular complexity index is 1320. The van der Waals surface area contributed by atoms with Gasteiger partial charge in [0.2, 0.25) is 11.8 Å². The van der Waals surface area contributed by atoms with Gasteiger partial charge in [-0.1, -0.05) is 60.7 Å². The Labute approximate surface area is 217 Å². The van der Waals surface area contributed by atoms with E-state index in [1.165, 1.54) is 7.11 Å². The number of carbonyl (C=O) groups excluding carboxylic acids is 1. The second-order valence-electron chi connectivity index (χ2n) is 7.82. The monoisotopic (exact) mass is 550 g/mol. The average Bonchev–Trinajstić information content (AvgIpc) is 2.92. The molecule has 0 spiro atoms. The van der Waals surface area contributed by atoms with E-state index in [0.29, 0.717) is 36.2 Å². The van der Waals surface area contributed by atoms with E-state index in [0.717, 1.165) is 17.2 Å². The number of anilines is 1. The number of carbonyl (C=O) groups is 1. The third kappa shape index (κ3) is 6.60. The van der Waals surface area contributed by atoms with E-state index in [-0.39, 0.29) is 16.6 Å². The quantitative estimate of drug-likeness (QED) is 0.226. The van der Waals surface area contributed by atoms with Gasteiger partial charge < -0.3 is 19.5 Å². The number of pyridine rings is 1. The summed E-state index contributed by atoms with van der Waals surface area (Å²) in [4.78, 5) is 16.7. The summed E-state index contributed by atoms with van der Waals surface area (Å²) in [5.41, 5.74) is 3.28. The molecule has 0 radical (unpaired) electrons. The number of halogens is 2. The van der Waals surface area contributed by atoms with Crippen molar-refractivity contribution in [3.8, 4) is 11.8 Å². The number of nitrogens with zero attached hydrogens (tertiary/aromatic N) is 1. The number of aromatic nitrogens is 1. The van der Waals surface area contributed by atoms with Gasteiger partial charge in [-0.2, -0.15) is 4.98 Å². The average molecular weight is 551 g/mol. The Balaban J connectivity index is 1.55. The minimum atomic E-state index is -0.624. The van der Waals surface area contributed by atoms with Crippen molar-refractivity contribution >= 4 is 27.6 Å². The van der Waals surface area contributed by atoms with Gasteiger partial charge in [-0.25, -0.2) is 9.18 Å². The van der Waals surface area contributed by atoms with Crippen molar-refractivity contribution in [1.82, 2.24) is 4.98 Å². The highest BCUT2D eigenvalue weighted by Crippen LogP contribution is 2.29. The number of esters is 1. The molecule has 8 heteroatoms. The molecule has 0 saturated carbocycles. The molecule has 4 aromatic rings. The van der Waals surface area contributed by atoms with E-state index in [2.05, 4.69) is 26.2 Å². The molecule has 1 N–H and O–H groups in total. The predicted molar refractivity (Wildman–Crippen MR) is 139 cm³/mol. The number of hydrogen-bond donors (Lipinski definition) is 1. The second-order valence-corrected chi connectivity index (χ2v) is 8.67. The fourth-order valence-corrected chi connectivity index (χ4v) is 3.82. The van der Waals surface area contributed by atoms with Crippen molar-refractivity contribution in [2.45, 2.75) is 19.8 Å². The van der Waals surface area contributed by atoms with Gasteiger partial charge in [0.05, 0.1) is 22.8 Å².